The Balaban J connectivity index is 0.000000183. The van der Waals surface area contributed by atoms with Gasteiger partial charge in [-0.15, -0.1) is 0 Å². The predicted octanol–water partition coefficient (Wildman–Crippen LogP) is -0.460. The Labute approximate surface area is 64.5 Å². The quantitative estimate of drug-likeness (QED) is 0.551. The molecule has 0 saturated heterocycles. The molecule has 1 rings (SSSR count). The summed E-state index contributed by atoms with van der Waals surface area (Å²) in [5, 5.41) is 3.47. The predicted molar refractivity (Wildman–Crippen MR) is 38.3 cm³/mol. The number of hydrogen-bond donors (Lipinski definition) is 1. The Bertz CT molecular complexity index is 233. The van der Waals surface area contributed by atoms with Crippen molar-refractivity contribution in [2.45, 2.75) is 0 Å². The maximum absolute atomic E-state index is 9.33. The standard InChI is InChI=1S/C3H3N2.CH4O4S/c1-2-4-5-3-1;1-5-6(2,3)4/h1-3H;1H3,(H,2,3,4). The summed E-state index contributed by atoms with van der Waals surface area (Å²) in [6.07, 6.45) is 5.06. The molecule has 0 aromatic carbocycles. The first kappa shape index (κ1) is 10.1. The van der Waals surface area contributed by atoms with Crippen molar-refractivity contribution in [1.29, 1.82) is 0 Å². The summed E-state index contributed by atoms with van der Waals surface area (Å²) in [5.41, 5.74) is 3.47. The topological polar surface area (TPSA) is 90.1 Å². The molecular weight excluding hydrogens is 172 g/mol. The van der Waals surface area contributed by atoms with Crippen LogP contribution in [0.3, 0.4) is 0 Å². The molecule has 0 spiro atoms. The number of nitrogens with zero attached hydrogens (tertiary/aromatic N) is 2. The van der Waals surface area contributed by atoms with Gasteiger partial charge in [-0.25, -0.2) is 0 Å². The maximum atomic E-state index is 9.33. The number of hydrogen-bond acceptors (Lipinski definition) is 4. The van der Waals surface area contributed by atoms with Gasteiger partial charge in [-0.05, 0) is 6.08 Å². The zero-order valence-corrected chi connectivity index (χ0v) is 6.52. The summed E-state index contributed by atoms with van der Waals surface area (Å²) in [7, 11) is -3.29. The second-order valence-electron chi connectivity index (χ2n) is 1.32. The largest absolute Gasteiger partial charge is 0.397 e. The third kappa shape index (κ3) is 9.08. The van der Waals surface area contributed by atoms with Gasteiger partial charge in [0.1, 0.15) is 0 Å². The van der Waals surface area contributed by atoms with E-state index in [1.165, 1.54) is 0 Å². The van der Waals surface area contributed by atoms with Crippen molar-refractivity contribution >= 4 is 16.6 Å². The van der Waals surface area contributed by atoms with Crippen LogP contribution in [0.15, 0.2) is 17.4 Å². The van der Waals surface area contributed by atoms with Crippen LogP contribution in [0.1, 0.15) is 0 Å². The average molecular weight is 179 g/mol. The normalized spacial score (nSPS) is 13.6. The van der Waals surface area contributed by atoms with Crippen molar-refractivity contribution in [1.82, 2.24) is 5.43 Å². The minimum Gasteiger partial charge on any atom is -0.264 e. The van der Waals surface area contributed by atoms with Crippen LogP contribution >= 0.6 is 0 Å². The summed E-state index contributed by atoms with van der Waals surface area (Å²) < 4.78 is 29.7. The van der Waals surface area contributed by atoms with E-state index < -0.39 is 10.4 Å². The van der Waals surface area contributed by atoms with Gasteiger partial charge in [-0.3, -0.25) is 8.74 Å². The molecule has 0 fully saturated rings. The molecule has 7 heteroatoms. The first-order chi connectivity index (χ1) is 5.06. The molecular formula is C4H7N2O4S. The maximum Gasteiger partial charge on any atom is 0.397 e. The SMILES string of the molecule is C1=C[N]N=C1.COS(=O)(=O)O. The van der Waals surface area contributed by atoms with Gasteiger partial charge in [0.05, 0.1) is 19.5 Å². The first-order valence-corrected chi connectivity index (χ1v) is 3.84. The fraction of sp³-hybridized carbons (Fsp3) is 0.250. The van der Waals surface area contributed by atoms with Gasteiger partial charge in [-0.1, -0.05) is 0 Å². The van der Waals surface area contributed by atoms with Gasteiger partial charge in [0.2, 0.25) is 0 Å². The van der Waals surface area contributed by atoms with E-state index in [1.54, 1.807) is 18.5 Å². The molecule has 1 radical (unpaired) electrons. The Morgan fingerprint density at radius 2 is 2.09 bits per heavy atom. The van der Waals surface area contributed by atoms with Crippen LogP contribution < -0.4 is 5.43 Å². The summed E-state index contributed by atoms with van der Waals surface area (Å²) in [5.74, 6) is 0. The number of allylic oxidation sites excluding steroid dienone is 1. The molecule has 0 atom stereocenters. The molecule has 1 aliphatic heterocycles. The first-order valence-electron chi connectivity index (χ1n) is 2.47. The average Bonchev–Trinajstić information content (AvgIpc) is 2.41. The third-order valence-electron chi connectivity index (χ3n) is 0.583. The van der Waals surface area contributed by atoms with Gasteiger partial charge in [-0.2, -0.15) is 18.9 Å². The zero-order valence-electron chi connectivity index (χ0n) is 5.71. The Hall–Kier alpha value is -0.920. The minimum absolute atomic E-state index is 0.870. The van der Waals surface area contributed by atoms with E-state index in [4.69, 9.17) is 4.55 Å². The van der Waals surface area contributed by atoms with Crippen LogP contribution in [0.2, 0.25) is 0 Å². The van der Waals surface area contributed by atoms with E-state index in [1.807, 2.05) is 0 Å². The van der Waals surface area contributed by atoms with E-state index in [2.05, 4.69) is 14.7 Å². The van der Waals surface area contributed by atoms with Crippen LogP contribution in [0.25, 0.3) is 0 Å². The molecule has 6 nitrogen and oxygen atoms in total. The van der Waals surface area contributed by atoms with Crippen LogP contribution in [0, 0.1) is 0 Å². The second-order valence-corrected chi connectivity index (χ2v) is 2.50. The van der Waals surface area contributed by atoms with Crippen molar-refractivity contribution in [3.05, 3.63) is 12.3 Å². The highest BCUT2D eigenvalue weighted by atomic mass is 32.3. The molecule has 0 amide bonds. The molecule has 1 aliphatic rings. The Morgan fingerprint density at radius 1 is 1.55 bits per heavy atom. The van der Waals surface area contributed by atoms with Crippen molar-refractivity contribution in [3.63, 3.8) is 0 Å². The van der Waals surface area contributed by atoms with Crippen LogP contribution in [0.5, 0.6) is 0 Å². The zero-order chi connectivity index (χ0) is 8.74. The smallest absolute Gasteiger partial charge is 0.264 e. The highest BCUT2D eigenvalue weighted by Gasteiger charge is 1.93. The fourth-order valence-electron chi connectivity index (χ4n) is 0.192. The molecule has 0 unspecified atom stereocenters. The lowest BCUT2D eigenvalue weighted by atomic mass is 10.7. The molecule has 11 heavy (non-hydrogen) atoms. The summed E-state index contributed by atoms with van der Waals surface area (Å²) in [6.45, 7) is 0. The molecule has 0 aromatic heterocycles. The van der Waals surface area contributed by atoms with Gasteiger partial charge in [0.15, 0.2) is 0 Å². The molecule has 0 aliphatic carbocycles. The summed E-state index contributed by atoms with van der Waals surface area (Å²) in [4.78, 5) is 0. The lowest BCUT2D eigenvalue weighted by Gasteiger charge is -1.82. The fourth-order valence-corrected chi connectivity index (χ4v) is 0.192. The van der Waals surface area contributed by atoms with Crippen molar-refractivity contribution in [2.75, 3.05) is 7.11 Å². The van der Waals surface area contributed by atoms with Crippen molar-refractivity contribution < 1.29 is 17.2 Å². The monoisotopic (exact) mass is 179 g/mol. The van der Waals surface area contributed by atoms with Gasteiger partial charge >= 0.3 is 10.4 Å². The van der Waals surface area contributed by atoms with E-state index in [0.29, 0.717) is 0 Å². The lowest BCUT2D eigenvalue weighted by Crippen LogP contribution is -1.96. The Kier molecular flexibility index (Phi) is 4.42. The van der Waals surface area contributed by atoms with E-state index in [-0.39, 0.29) is 0 Å². The van der Waals surface area contributed by atoms with E-state index in [0.717, 1.165) is 7.11 Å². The highest BCUT2D eigenvalue weighted by Crippen LogP contribution is 1.75. The minimum atomic E-state index is -4.16. The molecule has 1 heterocycles. The molecule has 0 saturated carbocycles. The van der Waals surface area contributed by atoms with Gasteiger partial charge < -0.3 is 0 Å². The molecule has 0 bridgehead atoms. The van der Waals surface area contributed by atoms with E-state index >= 15 is 0 Å². The molecule has 1 N–H and O–H groups in total. The van der Waals surface area contributed by atoms with Crippen LogP contribution in [0.4, 0.5) is 0 Å². The molecule has 0 aromatic rings. The number of rotatable bonds is 1. The van der Waals surface area contributed by atoms with Crippen LogP contribution in [-0.2, 0) is 14.6 Å². The summed E-state index contributed by atoms with van der Waals surface area (Å²) >= 11 is 0. The van der Waals surface area contributed by atoms with E-state index in [9.17, 15) is 8.42 Å². The lowest BCUT2D eigenvalue weighted by molar-refractivity contribution is 0.324. The second kappa shape index (κ2) is 4.83. The molecule has 63 valence electrons. The third-order valence-corrected chi connectivity index (χ3v) is 1.00. The summed E-state index contributed by atoms with van der Waals surface area (Å²) in [6, 6.07) is 0. The highest BCUT2D eigenvalue weighted by molar-refractivity contribution is 7.80. The van der Waals surface area contributed by atoms with Crippen molar-refractivity contribution in [3.8, 4) is 0 Å². The van der Waals surface area contributed by atoms with Gasteiger partial charge in [0, 0.05) is 0 Å². The Morgan fingerprint density at radius 3 is 2.18 bits per heavy atom. The van der Waals surface area contributed by atoms with Crippen LogP contribution in [-0.4, -0.2) is 26.3 Å². The van der Waals surface area contributed by atoms with Crippen molar-refractivity contribution in [2.24, 2.45) is 5.10 Å². The van der Waals surface area contributed by atoms with Gasteiger partial charge in [0.25, 0.3) is 0 Å².